The van der Waals surface area contributed by atoms with Crippen LogP contribution in [-0.4, -0.2) is 74.6 Å². The number of aliphatic hydroxyl groups is 1. The molecule has 0 saturated heterocycles. The van der Waals surface area contributed by atoms with Gasteiger partial charge in [0.2, 0.25) is 0 Å². The van der Waals surface area contributed by atoms with Crippen molar-refractivity contribution in [3.05, 3.63) is 24.3 Å². The van der Waals surface area contributed by atoms with Crippen molar-refractivity contribution < 1.29 is 52.8 Å². The minimum atomic E-state index is -1.31. The Morgan fingerprint density at radius 2 is 0.867 bits per heavy atom. The average molecular weight is 845 g/mol. The smallest absolute Gasteiger partial charge is 0.306 e. The highest BCUT2D eigenvalue weighted by Crippen LogP contribution is 2.57. The van der Waals surface area contributed by atoms with Crippen molar-refractivity contribution in [3.63, 3.8) is 0 Å². The van der Waals surface area contributed by atoms with Crippen LogP contribution in [-0.2, 0) is 47.7 Å². The van der Waals surface area contributed by atoms with E-state index in [0.29, 0.717) is 88.8 Å². The van der Waals surface area contributed by atoms with Gasteiger partial charge in [-0.05, 0) is 126 Å². The van der Waals surface area contributed by atoms with E-state index >= 15 is 0 Å². The van der Waals surface area contributed by atoms with Gasteiger partial charge in [0.1, 0.15) is 19.8 Å². The molecule has 0 amide bonds. The number of hydrogen-bond acceptors (Lipinski definition) is 11. The lowest BCUT2D eigenvalue weighted by Gasteiger charge is -2.54. The molecule has 342 valence electrons. The Labute approximate surface area is 361 Å². The first-order valence-electron chi connectivity index (χ1n) is 23.9. The van der Waals surface area contributed by atoms with Crippen LogP contribution in [0.25, 0.3) is 0 Å². The molecule has 60 heavy (non-hydrogen) atoms. The SMILES string of the molecule is CCCCC/C=C\CCOC(=O)CCCCCC(=O)OCC(CO)(COC(=O)CCCCCC(=O)OCC/C=C\CCCCC)COC(=O)CC1C2CC3CC(C2)CC1C3. The highest BCUT2D eigenvalue weighted by Gasteiger charge is 2.49. The standard InChI is InChI=1S/C49H80O11/c1-3-5-7-9-11-13-21-27-56-44(51)23-17-15-19-25-46(53)58-36-49(35-50,38-60-48(55)34-43-41-30-39-29-40(32-41)33-42(43)31-39)37-59-47(54)26-20-16-18-24-45(52)57-28-22-14-12-10-8-6-4-2/h11-14,39-43,50H,3-10,15-38H2,1-2H3/b13-11-,14-12-. The molecular formula is C49H80O11. The van der Waals surface area contributed by atoms with Crippen molar-refractivity contribution in [1.82, 2.24) is 0 Å². The van der Waals surface area contributed by atoms with Crippen molar-refractivity contribution in [3.8, 4) is 0 Å². The average Bonchev–Trinajstić information content (AvgIpc) is 3.23. The lowest BCUT2D eigenvalue weighted by molar-refractivity contribution is -0.167. The van der Waals surface area contributed by atoms with E-state index in [-0.39, 0.29) is 63.4 Å². The summed E-state index contributed by atoms with van der Waals surface area (Å²) in [5.41, 5.74) is -1.31. The lowest BCUT2D eigenvalue weighted by Crippen LogP contribution is -2.46. The molecule has 4 saturated carbocycles. The minimum Gasteiger partial charge on any atom is -0.465 e. The summed E-state index contributed by atoms with van der Waals surface area (Å²) in [5, 5.41) is 10.6. The van der Waals surface area contributed by atoms with Gasteiger partial charge in [-0.1, -0.05) is 76.7 Å². The fourth-order valence-electron chi connectivity index (χ4n) is 9.28. The molecule has 0 atom stereocenters. The first kappa shape index (κ1) is 51.1. The van der Waals surface area contributed by atoms with E-state index in [4.69, 9.17) is 23.7 Å². The zero-order valence-electron chi connectivity index (χ0n) is 37.4. The maximum Gasteiger partial charge on any atom is 0.306 e. The van der Waals surface area contributed by atoms with Gasteiger partial charge in [-0.3, -0.25) is 24.0 Å². The fraction of sp³-hybridized carbons (Fsp3) is 0.816. The quantitative estimate of drug-likeness (QED) is 0.0281. The van der Waals surface area contributed by atoms with Gasteiger partial charge in [0.05, 0.1) is 25.2 Å². The Hall–Kier alpha value is -3.21. The second-order valence-electron chi connectivity index (χ2n) is 18.0. The molecule has 0 radical (unpaired) electrons. The predicted molar refractivity (Wildman–Crippen MR) is 231 cm³/mol. The zero-order valence-corrected chi connectivity index (χ0v) is 37.4. The molecule has 0 unspecified atom stereocenters. The van der Waals surface area contributed by atoms with Crippen molar-refractivity contribution in [2.45, 2.75) is 181 Å². The van der Waals surface area contributed by atoms with E-state index in [2.05, 4.69) is 38.2 Å². The third-order valence-corrected chi connectivity index (χ3v) is 12.7. The van der Waals surface area contributed by atoms with Crippen molar-refractivity contribution in [2.24, 2.45) is 35.0 Å². The summed E-state index contributed by atoms with van der Waals surface area (Å²) in [6.07, 6.45) is 29.8. The van der Waals surface area contributed by atoms with E-state index in [0.717, 1.165) is 24.7 Å². The number of aliphatic hydroxyl groups excluding tert-OH is 1. The van der Waals surface area contributed by atoms with Crippen LogP contribution in [0, 0.1) is 35.0 Å². The molecule has 4 aliphatic rings. The predicted octanol–water partition coefficient (Wildman–Crippen LogP) is 10.1. The number of esters is 5. The Bertz CT molecular complexity index is 1210. The van der Waals surface area contributed by atoms with Crippen molar-refractivity contribution >= 4 is 29.8 Å². The Kier molecular flexibility index (Phi) is 26.2. The highest BCUT2D eigenvalue weighted by atomic mass is 16.6. The number of hydrogen-bond donors (Lipinski definition) is 1. The second-order valence-corrected chi connectivity index (χ2v) is 18.0. The summed E-state index contributed by atoms with van der Waals surface area (Å²) >= 11 is 0. The number of carbonyl (C=O) groups excluding carboxylic acids is 5. The number of rotatable bonds is 35. The molecule has 4 fully saturated rings. The molecule has 4 bridgehead atoms. The van der Waals surface area contributed by atoms with Crippen LogP contribution < -0.4 is 0 Å². The maximum absolute atomic E-state index is 13.2. The summed E-state index contributed by atoms with van der Waals surface area (Å²) in [6, 6.07) is 0. The lowest BCUT2D eigenvalue weighted by atomic mass is 9.51. The van der Waals surface area contributed by atoms with Gasteiger partial charge in [-0.25, -0.2) is 0 Å². The Morgan fingerprint density at radius 1 is 0.483 bits per heavy atom. The van der Waals surface area contributed by atoms with E-state index in [9.17, 15) is 29.1 Å². The largest absolute Gasteiger partial charge is 0.465 e. The van der Waals surface area contributed by atoms with Gasteiger partial charge < -0.3 is 28.8 Å². The van der Waals surface area contributed by atoms with Crippen LogP contribution in [0.1, 0.15) is 181 Å². The minimum absolute atomic E-state index is 0.120. The molecule has 0 aromatic rings. The number of carbonyl (C=O) groups is 5. The number of unbranched alkanes of at least 4 members (excludes halogenated alkanes) is 10. The molecule has 4 aliphatic carbocycles. The van der Waals surface area contributed by atoms with Gasteiger partial charge in [0.15, 0.2) is 0 Å². The summed E-state index contributed by atoms with van der Waals surface area (Å²) in [6.45, 7) is 3.76. The molecular weight excluding hydrogens is 765 g/mol. The monoisotopic (exact) mass is 845 g/mol. The molecule has 0 spiro atoms. The first-order valence-corrected chi connectivity index (χ1v) is 23.9. The van der Waals surface area contributed by atoms with Gasteiger partial charge in [-0.2, -0.15) is 0 Å². The Balaban J connectivity index is 1.37. The van der Waals surface area contributed by atoms with Gasteiger partial charge >= 0.3 is 29.8 Å². The van der Waals surface area contributed by atoms with E-state index in [1.54, 1.807) is 0 Å². The molecule has 0 aromatic carbocycles. The van der Waals surface area contributed by atoms with Crippen molar-refractivity contribution in [1.29, 1.82) is 0 Å². The van der Waals surface area contributed by atoms with Crippen LogP contribution in [0.4, 0.5) is 0 Å². The van der Waals surface area contributed by atoms with Crippen LogP contribution in [0.3, 0.4) is 0 Å². The first-order chi connectivity index (χ1) is 29.2. The van der Waals surface area contributed by atoms with Crippen LogP contribution in [0.5, 0.6) is 0 Å². The number of ether oxygens (including phenoxy) is 5. The maximum atomic E-state index is 13.2. The summed E-state index contributed by atoms with van der Waals surface area (Å²) < 4.78 is 27.6. The molecule has 0 aromatic heterocycles. The third kappa shape index (κ3) is 21.5. The topological polar surface area (TPSA) is 152 Å². The second kappa shape index (κ2) is 30.8. The molecule has 0 heterocycles. The summed E-state index contributed by atoms with van der Waals surface area (Å²) in [7, 11) is 0. The summed E-state index contributed by atoms with van der Waals surface area (Å²) in [4.78, 5) is 63.0. The van der Waals surface area contributed by atoms with E-state index < -0.39 is 24.0 Å². The van der Waals surface area contributed by atoms with Crippen LogP contribution in [0.15, 0.2) is 24.3 Å². The van der Waals surface area contributed by atoms with Gasteiger partial charge in [-0.15, -0.1) is 0 Å². The van der Waals surface area contributed by atoms with Crippen LogP contribution in [0.2, 0.25) is 0 Å². The van der Waals surface area contributed by atoms with E-state index in [1.165, 1.54) is 70.6 Å². The third-order valence-electron chi connectivity index (χ3n) is 12.7. The normalized spacial score (nSPS) is 20.8. The van der Waals surface area contributed by atoms with Crippen LogP contribution >= 0.6 is 0 Å². The van der Waals surface area contributed by atoms with Gasteiger partial charge in [0.25, 0.3) is 0 Å². The molecule has 4 rings (SSSR count). The zero-order chi connectivity index (χ0) is 43.3. The molecule has 1 N–H and O–H groups in total. The highest BCUT2D eigenvalue weighted by molar-refractivity contribution is 5.71. The number of allylic oxidation sites excluding steroid dienone is 2. The molecule has 11 nitrogen and oxygen atoms in total. The molecule has 11 heteroatoms. The van der Waals surface area contributed by atoms with Gasteiger partial charge in [0, 0.05) is 32.1 Å². The Morgan fingerprint density at radius 3 is 1.27 bits per heavy atom. The summed E-state index contributed by atoms with van der Waals surface area (Å²) in [5.74, 6) is 1.25. The van der Waals surface area contributed by atoms with Crippen molar-refractivity contribution in [2.75, 3.05) is 39.6 Å². The fourth-order valence-corrected chi connectivity index (χ4v) is 9.28. The van der Waals surface area contributed by atoms with E-state index in [1.807, 2.05) is 0 Å². The molecule has 0 aliphatic heterocycles.